The molecule has 2 aromatic rings. The standard InChI is InChI=1S/C23H31N3O2/c1-19-7-6-10-22(15-19)28-14-12-25-23(24-2)26-13-11-21(16-26)18-27-17-20-8-4-3-5-9-20/h3-10,15,21H,11-14,16-18H2,1-2H3,(H,24,25). The van der Waals surface area contributed by atoms with Crippen LogP contribution in [-0.4, -0.2) is 50.8 Å². The van der Waals surface area contributed by atoms with E-state index in [2.05, 4.69) is 46.4 Å². The number of guanidine groups is 1. The van der Waals surface area contributed by atoms with Gasteiger partial charge in [-0.15, -0.1) is 0 Å². The van der Waals surface area contributed by atoms with Crippen LogP contribution in [0.25, 0.3) is 0 Å². The Kier molecular flexibility index (Phi) is 7.73. The van der Waals surface area contributed by atoms with E-state index in [9.17, 15) is 0 Å². The van der Waals surface area contributed by atoms with Crippen LogP contribution in [0.1, 0.15) is 17.5 Å². The van der Waals surface area contributed by atoms with E-state index < -0.39 is 0 Å². The highest BCUT2D eigenvalue weighted by Gasteiger charge is 2.24. The van der Waals surface area contributed by atoms with E-state index in [4.69, 9.17) is 9.47 Å². The van der Waals surface area contributed by atoms with Crippen molar-refractivity contribution in [2.45, 2.75) is 20.0 Å². The van der Waals surface area contributed by atoms with Gasteiger partial charge < -0.3 is 19.7 Å². The molecule has 0 aromatic heterocycles. The number of likely N-dealkylation sites (tertiary alicyclic amines) is 1. The van der Waals surface area contributed by atoms with Crippen molar-refractivity contribution in [3.63, 3.8) is 0 Å². The third-order valence-electron chi connectivity index (χ3n) is 4.91. The highest BCUT2D eigenvalue weighted by molar-refractivity contribution is 5.80. The molecule has 1 fully saturated rings. The molecule has 3 rings (SSSR count). The molecular formula is C23H31N3O2. The van der Waals surface area contributed by atoms with E-state index in [-0.39, 0.29) is 0 Å². The monoisotopic (exact) mass is 381 g/mol. The molecule has 2 aromatic carbocycles. The fraction of sp³-hybridized carbons (Fsp3) is 0.435. The van der Waals surface area contributed by atoms with Gasteiger partial charge in [0.2, 0.25) is 0 Å². The second kappa shape index (κ2) is 10.7. The average molecular weight is 382 g/mol. The van der Waals surface area contributed by atoms with Crippen LogP contribution in [0.5, 0.6) is 5.75 Å². The molecule has 0 saturated carbocycles. The summed E-state index contributed by atoms with van der Waals surface area (Å²) < 4.78 is 11.7. The fourth-order valence-electron chi connectivity index (χ4n) is 3.45. The average Bonchev–Trinajstić information content (AvgIpc) is 3.17. The van der Waals surface area contributed by atoms with Crippen molar-refractivity contribution in [3.05, 3.63) is 65.7 Å². The Bertz CT molecular complexity index is 749. The molecule has 28 heavy (non-hydrogen) atoms. The summed E-state index contributed by atoms with van der Waals surface area (Å²) in [5, 5.41) is 3.41. The third-order valence-corrected chi connectivity index (χ3v) is 4.91. The predicted octanol–water partition coefficient (Wildman–Crippen LogP) is 3.49. The molecule has 5 nitrogen and oxygen atoms in total. The summed E-state index contributed by atoms with van der Waals surface area (Å²) >= 11 is 0. The number of hydrogen-bond donors (Lipinski definition) is 1. The van der Waals surface area contributed by atoms with E-state index in [1.807, 2.05) is 37.4 Å². The SMILES string of the molecule is CN=C(NCCOc1cccc(C)c1)N1CCC(COCc2ccccc2)C1. The Morgan fingerprint density at radius 2 is 2.04 bits per heavy atom. The Labute approximate surface area is 168 Å². The van der Waals surface area contributed by atoms with Gasteiger partial charge in [0.05, 0.1) is 19.8 Å². The fourth-order valence-corrected chi connectivity index (χ4v) is 3.45. The second-order valence-corrected chi connectivity index (χ2v) is 7.24. The number of ether oxygens (including phenoxy) is 2. The summed E-state index contributed by atoms with van der Waals surface area (Å²) in [5.41, 5.74) is 2.43. The molecule has 1 unspecified atom stereocenters. The van der Waals surface area contributed by atoms with Crippen LogP contribution in [0.4, 0.5) is 0 Å². The van der Waals surface area contributed by atoms with Gasteiger partial charge in [-0.3, -0.25) is 4.99 Å². The number of nitrogens with zero attached hydrogens (tertiary/aromatic N) is 2. The van der Waals surface area contributed by atoms with Crippen LogP contribution >= 0.6 is 0 Å². The number of hydrogen-bond acceptors (Lipinski definition) is 3. The van der Waals surface area contributed by atoms with Crippen molar-refractivity contribution in [2.24, 2.45) is 10.9 Å². The van der Waals surface area contributed by atoms with Gasteiger partial charge in [-0.25, -0.2) is 0 Å². The van der Waals surface area contributed by atoms with Crippen molar-refractivity contribution >= 4 is 5.96 Å². The van der Waals surface area contributed by atoms with Crippen molar-refractivity contribution in [2.75, 3.05) is 39.9 Å². The van der Waals surface area contributed by atoms with Crippen LogP contribution in [0.15, 0.2) is 59.6 Å². The van der Waals surface area contributed by atoms with E-state index in [0.29, 0.717) is 19.1 Å². The van der Waals surface area contributed by atoms with Gasteiger partial charge in [-0.05, 0) is 36.6 Å². The molecule has 1 aliphatic heterocycles. The summed E-state index contributed by atoms with van der Waals surface area (Å²) in [7, 11) is 1.84. The molecule has 150 valence electrons. The highest BCUT2D eigenvalue weighted by Crippen LogP contribution is 2.17. The first kappa shape index (κ1) is 20.2. The van der Waals surface area contributed by atoms with Gasteiger partial charge in [0.15, 0.2) is 5.96 Å². The van der Waals surface area contributed by atoms with Gasteiger partial charge in [-0.1, -0.05) is 42.5 Å². The van der Waals surface area contributed by atoms with Crippen LogP contribution in [0, 0.1) is 12.8 Å². The lowest BCUT2D eigenvalue weighted by atomic mass is 10.1. The minimum atomic E-state index is 0.547. The van der Waals surface area contributed by atoms with Crippen LogP contribution in [0.3, 0.4) is 0 Å². The number of aryl methyl sites for hydroxylation is 1. The Morgan fingerprint density at radius 3 is 2.82 bits per heavy atom. The first-order chi connectivity index (χ1) is 13.7. The summed E-state index contributed by atoms with van der Waals surface area (Å²) in [6.07, 6.45) is 1.13. The number of aliphatic imine (C=N–C) groups is 1. The molecule has 0 bridgehead atoms. The molecule has 1 atom stereocenters. The largest absolute Gasteiger partial charge is 0.492 e. The Morgan fingerprint density at radius 1 is 1.18 bits per heavy atom. The van der Waals surface area contributed by atoms with Gasteiger partial charge in [-0.2, -0.15) is 0 Å². The maximum atomic E-state index is 5.92. The lowest BCUT2D eigenvalue weighted by Gasteiger charge is -2.22. The van der Waals surface area contributed by atoms with Crippen LogP contribution < -0.4 is 10.1 Å². The van der Waals surface area contributed by atoms with Crippen molar-refractivity contribution in [1.82, 2.24) is 10.2 Å². The van der Waals surface area contributed by atoms with Gasteiger partial charge >= 0.3 is 0 Å². The summed E-state index contributed by atoms with van der Waals surface area (Å²) in [5.74, 6) is 2.40. The maximum Gasteiger partial charge on any atom is 0.193 e. The first-order valence-electron chi connectivity index (χ1n) is 10.0. The molecule has 5 heteroatoms. The van der Waals surface area contributed by atoms with Crippen LogP contribution in [0.2, 0.25) is 0 Å². The first-order valence-corrected chi connectivity index (χ1v) is 10.0. The van der Waals surface area contributed by atoms with Crippen molar-refractivity contribution in [1.29, 1.82) is 0 Å². The molecule has 0 radical (unpaired) electrons. The van der Waals surface area contributed by atoms with E-state index in [1.165, 1.54) is 11.1 Å². The van der Waals surface area contributed by atoms with Gasteiger partial charge in [0, 0.05) is 26.1 Å². The number of nitrogens with one attached hydrogen (secondary N) is 1. The van der Waals surface area contributed by atoms with Crippen molar-refractivity contribution in [3.8, 4) is 5.75 Å². The maximum absolute atomic E-state index is 5.92. The lowest BCUT2D eigenvalue weighted by molar-refractivity contribution is 0.0906. The molecule has 1 saturated heterocycles. The predicted molar refractivity (Wildman–Crippen MR) is 114 cm³/mol. The van der Waals surface area contributed by atoms with E-state index in [1.54, 1.807) is 0 Å². The zero-order valence-electron chi connectivity index (χ0n) is 16.9. The molecule has 1 aliphatic rings. The molecular weight excluding hydrogens is 350 g/mol. The lowest BCUT2D eigenvalue weighted by Crippen LogP contribution is -2.41. The number of benzene rings is 2. The van der Waals surface area contributed by atoms with Gasteiger partial charge in [0.25, 0.3) is 0 Å². The second-order valence-electron chi connectivity index (χ2n) is 7.24. The summed E-state index contributed by atoms with van der Waals surface area (Å²) in [6.45, 7) is 6.87. The minimum absolute atomic E-state index is 0.547. The molecule has 1 heterocycles. The summed E-state index contributed by atoms with van der Waals surface area (Å²) in [4.78, 5) is 6.73. The van der Waals surface area contributed by atoms with Gasteiger partial charge in [0.1, 0.15) is 12.4 Å². The molecule has 0 aliphatic carbocycles. The third kappa shape index (κ3) is 6.27. The molecule has 0 spiro atoms. The van der Waals surface area contributed by atoms with E-state index >= 15 is 0 Å². The topological polar surface area (TPSA) is 46.1 Å². The zero-order valence-corrected chi connectivity index (χ0v) is 16.9. The number of rotatable bonds is 8. The smallest absolute Gasteiger partial charge is 0.193 e. The normalized spacial score (nSPS) is 17.0. The molecule has 1 N–H and O–H groups in total. The Hall–Kier alpha value is -2.53. The van der Waals surface area contributed by atoms with E-state index in [0.717, 1.165) is 44.4 Å². The quantitative estimate of drug-likeness (QED) is 0.432. The Balaban J connectivity index is 1.34. The van der Waals surface area contributed by atoms with Crippen LogP contribution in [-0.2, 0) is 11.3 Å². The van der Waals surface area contributed by atoms with Crippen molar-refractivity contribution < 1.29 is 9.47 Å². The highest BCUT2D eigenvalue weighted by atomic mass is 16.5. The zero-order chi connectivity index (χ0) is 19.6. The summed E-state index contributed by atoms with van der Waals surface area (Å²) in [6, 6.07) is 18.5. The minimum Gasteiger partial charge on any atom is -0.492 e. The molecule has 0 amide bonds.